The highest BCUT2D eigenvalue weighted by atomic mass is 16.5. The van der Waals surface area contributed by atoms with Gasteiger partial charge < -0.3 is 0 Å². The van der Waals surface area contributed by atoms with E-state index in [0.717, 1.165) is 0 Å². The van der Waals surface area contributed by atoms with Crippen LogP contribution in [0.15, 0.2) is 12.7 Å². The van der Waals surface area contributed by atoms with Gasteiger partial charge in [-0.25, -0.2) is 5.48 Å². The van der Waals surface area contributed by atoms with Crippen molar-refractivity contribution in [1.29, 1.82) is 0 Å². The van der Waals surface area contributed by atoms with Crippen LogP contribution < -0.4 is 5.48 Å². The molecule has 8 heavy (non-hydrogen) atoms. The molecule has 0 saturated heterocycles. The fourth-order valence-corrected chi connectivity index (χ4v) is 0.289. The monoisotopic (exact) mass is 115 g/mol. The van der Waals surface area contributed by atoms with E-state index in [1.165, 1.54) is 5.48 Å². The van der Waals surface area contributed by atoms with E-state index in [9.17, 15) is 4.79 Å². The van der Waals surface area contributed by atoms with Crippen molar-refractivity contribution in [3.8, 4) is 0 Å². The largest absolute Gasteiger partial charge is 0.289 e. The molecule has 3 heteroatoms. The third kappa shape index (κ3) is 3.36. The first-order chi connectivity index (χ1) is 3.81. The van der Waals surface area contributed by atoms with Gasteiger partial charge in [-0.3, -0.25) is 10.0 Å². The molecule has 0 aliphatic carbocycles. The van der Waals surface area contributed by atoms with Crippen LogP contribution in [0, 0.1) is 0 Å². The molecule has 0 aromatic rings. The van der Waals surface area contributed by atoms with Crippen LogP contribution in [0.2, 0.25) is 0 Å². The molecular formula is C5H9NO2. The fraction of sp³-hybridized carbons (Fsp3) is 0.400. The molecule has 0 saturated carbocycles. The molecule has 0 aromatic heterocycles. The van der Waals surface area contributed by atoms with Gasteiger partial charge in [0.1, 0.15) is 0 Å². The highest BCUT2D eigenvalue weighted by Gasteiger charge is 1.92. The molecule has 3 nitrogen and oxygen atoms in total. The highest BCUT2D eigenvalue weighted by molar-refractivity contribution is 5.74. The number of nitrogens with one attached hydrogen (secondary N) is 1. The second kappa shape index (κ2) is 4.33. The average Bonchev–Trinajstić information content (AvgIpc) is 1.83. The SMILES string of the molecule is C=CCCC(=O)NO. The van der Waals surface area contributed by atoms with Gasteiger partial charge in [0, 0.05) is 6.42 Å². The molecule has 0 aliphatic heterocycles. The van der Waals surface area contributed by atoms with Crippen molar-refractivity contribution < 1.29 is 10.0 Å². The summed E-state index contributed by atoms with van der Waals surface area (Å²) in [6.07, 6.45) is 2.53. The van der Waals surface area contributed by atoms with Crippen LogP contribution in [0.25, 0.3) is 0 Å². The molecule has 0 aromatic carbocycles. The zero-order valence-corrected chi connectivity index (χ0v) is 4.55. The molecule has 0 radical (unpaired) electrons. The van der Waals surface area contributed by atoms with E-state index in [1.807, 2.05) is 0 Å². The number of amides is 1. The van der Waals surface area contributed by atoms with Crippen molar-refractivity contribution in [1.82, 2.24) is 5.48 Å². The molecule has 0 rings (SSSR count). The van der Waals surface area contributed by atoms with E-state index in [2.05, 4.69) is 6.58 Å². The lowest BCUT2D eigenvalue weighted by atomic mass is 10.3. The molecule has 1 amide bonds. The van der Waals surface area contributed by atoms with Gasteiger partial charge in [-0.15, -0.1) is 6.58 Å². The molecule has 0 bridgehead atoms. The maximum atomic E-state index is 10.2. The lowest BCUT2D eigenvalue weighted by molar-refractivity contribution is -0.129. The number of hydroxylamine groups is 1. The molecule has 0 unspecified atom stereocenters. The summed E-state index contributed by atoms with van der Waals surface area (Å²) in [6.45, 7) is 3.41. The highest BCUT2D eigenvalue weighted by Crippen LogP contribution is 1.86. The lowest BCUT2D eigenvalue weighted by Crippen LogP contribution is -2.17. The van der Waals surface area contributed by atoms with Gasteiger partial charge in [0.2, 0.25) is 5.91 Å². The Morgan fingerprint density at radius 1 is 1.88 bits per heavy atom. The van der Waals surface area contributed by atoms with Crippen LogP contribution in [-0.4, -0.2) is 11.1 Å². The second-order valence-corrected chi connectivity index (χ2v) is 1.36. The van der Waals surface area contributed by atoms with Gasteiger partial charge in [0.05, 0.1) is 0 Å². The van der Waals surface area contributed by atoms with Crippen LogP contribution in [-0.2, 0) is 4.79 Å². The number of allylic oxidation sites excluding steroid dienone is 1. The Hall–Kier alpha value is -0.830. The van der Waals surface area contributed by atoms with E-state index >= 15 is 0 Å². The van der Waals surface area contributed by atoms with Crippen molar-refractivity contribution in [3.63, 3.8) is 0 Å². The summed E-state index contributed by atoms with van der Waals surface area (Å²) in [4.78, 5) is 10.2. The van der Waals surface area contributed by atoms with Gasteiger partial charge in [0.15, 0.2) is 0 Å². The van der Waals surface area contributed by atoms with Crippen molar-refractivity contribution in [3.05, 3.63) is 12.7 Å². The molecule has 0 fully saturated rings. The van der Waals surface area contributed by atoms with Crippen molar-refractivity contribution in [2.75, 3.05) is 0 Å². The first kappa shape index (κ1) is 7.17. The summed E-state index contributed by atoms with van der Waals surface area (Å²) in [5.41, 5.74) is 1.51. The summed E-state index contributed by atoms with van der Waals surface area (Å²) in [7, 11) is 0. The standard InChI is InChI=1S/C5H9NO2/c1-2-3-4-5(7)6-8/h2,8H,1,3-4H2,(H,6,7). The number of carbonyl (C=O) groups excluding carboxylic acids is 1. The Labute approximate surface area is 48.0 Å². The Morgan fingerprint density at radius 2 is 2.50 bits per heavy atom. The number of rotatable bonds is 3. The van der Waals surface area contributed by atoms with E-state index in [4.69, 9.17) is 5.21 Å². The zero-order valence-electron chi connectivity index (χ0n) is 4.55. The molecular weight excluding hydrogens is 106 g/mol. The van der Waals surface area contributed by atoms with Gasteiger partial charge in [-0.2, -0.15) is 0 Å². The molecule has 0 spiro atoms. The van der Waals surface area contributed by atoms with Crippen LogP contribution in [0.5, 0.6) is 0 Å². The van der Waals surface area contributed by atoms with Gasteiger partial charge in [-0.1, -0.05) is 6.08 Å². The molecule has 0 heterocycles. The Bertz CT molecular complexity index is 90.4. The second-order valence-electron chi connectivity index (χ2n) is 1.36. The fourth-order valence-electron chi connectivity index (χ4n) is 0.289. The first-order valence-electron chi connectivity index (χ1n) is 2.35. The third-order valence-electron chi connectivity index (χ3n) is 0.700. The molecule has 0 aliphatic rings. The van der Waals surface area contributed by atoms with Crippen LogP contribution >= 0.6 is 0 Å². The topological polar surface area (TPSA) is 49.3 Å². The van der Waals surface area contributed by atoms with E-state index in [1.54, 1.807) is 6.08 Å². The Kier molecular flexibility index (Phi) is 3.88. The van der Waals surface area contributed by atoms with Crippen molar-refractivity contribution >= 4 is 5.91 Å². The predicted molar refractivity (Wildman–Crippen MR) is 29.4 cm³/mol. The summed E-state index contributed by atoms with van der Waals surface area (Å²) < 4.78 is 0. The zero-order chi connectivity index (χ0) is 6.41. The number of hydrogen-bond acceptors (Lipinski definition) is 2. The smallest absolute Gasteiger partial charge is 0.243 e. The summed E-state index contributed by atoms with van der Waals surface area (Å²) in [5, 5.41) is 7.93. The normalized spacial score (nSPS) is 8.12. The average molecular weight is 115 g/mol. The maximum Gasteiger partial charge on any atom is 0.243 e. The minimum Gasteiger partial charge on any atom is -0.289 e. The Balaban J connectivity index is 3.11. The molecule has 0 atom stereocenters. The van der Waals surface area contributed by atoms with Crippen LogP contribution in [0.1, 0.15) is 12.8 Å². The molecule has 2 N–H and O–H groups in total. The lowest BCUT2D eigenvalue weighted by Gasteiger charge is -1.90. The summed E-state index contributed by atoms with van der Waals surface area (Å²) >= 11 is 0. The maximum absolute atomic E-state index is 10.2. The minimum atomic E-state index is -0.370. The minimum absolute atomic E-state index is 0.306. The van der Waals surface area contributed by atoms with E-state index in [-0.39, 0.29) is 5.91 Å². The third-order valence-corrected chi connectivity index (χ3v) is 0.700. The van der Waals surface area contributed by atoms with E-state index < -0.39 is 0 Å². The van der Waals surface area contributed by atoms with E-state index in [0.29, 0.717) is 12.8 Å². The van der Waals surface area contributed by atoms with Crippen molar-refractivity contribution in [2.45, 2.75) is 12.8 Å². The van der Waals surface area contributed by atoms with Gasteiger partial charge >= 0.3 is 0 Å². The summed E-state index contributed by atoms with van der Waals surface area (Å²) in [5.74, 6) is -0.370. The van der Waals surface area contributed by atoms with Crippen LogP contribution in [0.3, 0.4) is 0 Å². The van der Waals surface area contributed by atoms with Gasteiger partial charge in [0.25, 0.3) is 0 Å². The first-order valence-corrected chi connectivity index (χ1v) is 2.35. The van der Waals surface area contributed by atoms with Gasteiger partial charge in [-0.05, 0) is 6.42 Å². The van der Waals surface area contributed by atoms with Crippen molar-refractivity contribution in [2.24, 2.45) is 0 Å². The number of hydrogen-bond donors (Lipinski definition) is 2. The summed E-state index contributed by atoms with van der Waals surface area (Å²) in [6, 6.07) is 0. The molecule has 46 valence electrons. The number of carbonyl (C=O) groups is 1. The quantitative estimate of drug-likeness (QED) is 0.319. The predicted octanol–water partition coefficient (Wildman–Crippen LogP) is 0.458. The Morgan fingerprint density at radius 3 is 2.88 bits per heavy atom. The van der Waals surface area contributed by atoms with Crippen LogP contribution in [0.4, 0.5) is 0 Å².